The second kappa shape index (κ2) is 3.07. The van der Waals surface area contributed by atoms with Crippen LogP contribution in [0, 0.1) is 0 Å². The fraction of sp³-hybridized carbons (Fsp3) is 0.143. The Hall–Kier alpha value is -1.05. The highest BCUT2D eigenvalue weighted by molar-refractivity contribution is 5.07. The van der Waals surface area contributed by atoms with Crippen LogP contribution in [0.1, 0.15) is 5.69 Å². The third-order valence-corrected chi connectivity index (χ3v) is 1.09. The summed E-state index contributed by atoms with van der Waals surface area (Å²) < 4.78 is 11.4. The van der Waals surface area contributed by atoms with Crippen molar-refractivity contribution in [1.82, 2.24) is 4.98 Å². The van der Waals surface area contributed by atoms with Gasteiger partial charge in [-0.1, -0.05) is 6.08 Å². The number of nitrogens with one attached hydrogen (secondary N) is 1. The van der Waals surface area contributed by atoms with Crippen molar-refractivity contribution in [2.75, 3.05) is 0 Å². The monoisotopic (exact) mass is 125 g/mol. The molecule has 2 heteroatoms. The molecule has 0 aliphatic rings. The predicted octanol–water partition coefficient (Wildman–Crippen LogP) is 2.04. The normalized spacial score (nSPS) is 10.8. The molecule has 0 aromatic carbocycles. The molecule has 1 aromatic rings. The number of aromatic nitrogens is 1. The van der Waals surface area contributed by atoms with Gasteiger partial charge in [0.05, 0.1) is 6.33 Å². The first-order valence-electron chi connectivity index (χ1n) is 2.81. The Morgan fingerprint density at radius 1 is 1.67 bits per heavy atom. The summed E-state index contributed by atoms with van der Waals surface area (Å²) in [5.74, 6) is 0. The van der Waals surface area contributed by atoms with Gasteiger partial charge >= 0.3 is 0 Å². The van der Waals surface area contributed by atoms with Gasteiger partial charge in [0.15, 0.2) is 0 Å². The molecule has 0 aliphatic carbocycles. The fourth-order valence-electron chi connectivity index (χ4n) is 0.666. The van der Waals surface area contributed by atoms with E-state index >= 15 is 0 Å². The standard InChI is InChI=1S/C7H8FN/c8-5-1-3-7-4-2-6-9-7/h1-2,4-6,9H,3H2. The van der Waals surface area contributed by atoms with Crippen molar-refractivity contribution in [3.63, 3.8) is 0 Å². The minimum Gasteiger partial charge on any atom is -0.365 e. The van der Waals surface area contributed by atoms with Crippen molar-refractivity contribution in [2.24, 2.45) is 0 Å². The van der Waals surface area contributed by atoms with E-state index in [1.807, 2.05) is 18.3 Å². The molecule has 1 aromatic heterocycles. The molecule has 1 nitrogen and oxygen atoms in total. The fourth-order valence-corrected chi connectivity index (χ4v) is 0.666. The summed E-state index contributed by atoms with van der Waals surface area (Å²) in [7, 11) is 0. The number of aromatic amines is 1. The zero-order chi connectivity index (χ0) is 6.53. The summed E-state index contributed by atoms with van der Waals surface area (Å²) in [4.78, 5) is 2.95. The van der Waals surface area contributed by atoms with Gasteiger partial charge < -0.3 is 4.98 Å². The van der Waals surface area contributed by atoms with E-state index < -0.39 is 0 Å². The van der Waals surface area contributed by atoms with E-state index in [2.05, 4.69) is 4.98 Å². The Labute approximate surface area is 53.2 Å². The van der Waals surface area contributed by atoms with Gasteiger partial charge in [-0.15, -0.1) is 0 Å². The molecule has 1 N–H and O–H groups in total. The lowest BCUT2D eigenvalue weighted by Crippen LogP contribution is -1.76. The lowest BCUT2D eigenvalue weighted by molar-refractivity contribution is 0.716. The topological polar surface area (TPSA) is 15.8 Å². The van der Waals surface area contributed by atoms with Gasteiger partial charge in [-0.25, -0.2) is 4.39 Å². The van der Waals surface area contributed by atoms with Crippen LogP contribution in [0.5, 0.6) is 0 Å². The van der Waals surface area contributed by atoms with Crippen LogP contribution in [-0.4, -0.2) is 4.98 Å². The van der Waals surface area contributed by atoms with Gasteiger partial charge in [0, 0.05) is 18.3 Å². The molecule has 0 saturated heterocycles. The van der Waals surface area contributed by atoms with Crippen LogP contribution in [0.3, 0.4) is 0 Å². The third kappa shape index (κ3) is 1.72. The van der Waals surface area contributed by atoms with Gasteiger partial charge in [0.2, 0.25) is 0 Å². The molecular formula is C7H8FN. The summed E-state index contributed by atoms with van der Waals surface area (Å²) in [5.41, 5.74) is 1.03. The number of halogens is 1. The van der Waals surface area contributed by atoms with Crippen LogP contribution in [0.15, 0.2) is 30.7 Å². The first-order valence-corrected chi connectivity index (χ1v) is 2.81. The molecule has 0 unspecified atom stereocenters. The van der Waals surface area contributed by atoms with Crippen LogP contribution in [0.4, 0.5) is 4.39 Å². The number of rotatable bonds is 2. The van der Waals surface area contributed by atoms with Crippen LogP contribution < -0.4 is 0 Å². The Bertz CT molecular complexity index is 177. The van der Waals surface area contributed by atoms with E-state index in [-0.39, 0.29) is 0 Å². The average Bonchev–Trinajstić information content (AvgIpc) is 2.34. The molecule has 0 fully saturated rings. The second-order valence-electron chi connectivity index (χ2n) is 1.76. The van der Waals surface area contributed by atoms with E-state index in [0.29, 0.717) is 12.8 Å². The maximum absolute atomic E-state index is 11.4. The molecule has 0 aliphatic heterocycles. The largest absolute Gasteiger partial charge is 0.365 e. The van der Waals surface area contributed by atoms with Crippen LogP contribution in [-0.2, 0) is 6.42 Å². The molecule has 0 radical (unpaired) electrons. The highest BCUT2D eigenvalue weighted by Crippen LogP contribution is 1.95. The summed E-state index contributed by atoms with van der Waals surface area (Å²) in [6.45, 7) is 0. The lowest BCUT2D eigenvalue weighted by Gasteiger charge is -1.84. The number of hydrogen-bond acceptors (Lipinski definition) is 0. The summed E-state index contributed by atoms with van der Waals surface area (Å²) in [6.07, 6.45) is 4.48. The molecule has 0 saturated carbocycles. The van der Waals surface area contributed by atoms with Crippen LogP contribution in [0.2, 0.25) is 0 Å². The smallest absolute Gasteiger partial charge is 0.0830 e. The molecule has 0 amide bonds. The summed E-state index contributed by atoms with van der Waals surface area (Å²) in [5, 5.41) is 0. The van der Waals surface area contributed by atoms with Crippen LogP contribution in [0.25, 0.3) is 0 Å². The van der Waals surface area contributed by atoms with Gasteiger partial charge in [-0.3, -0.25) is 0 Å². The Kier molecular flexibility index (Phi) is 2.07. The van der Waals surface area contributed by atoms with E-state index in [0.717, 1.165) is 5.69 Å². The highest BCUT2D eigenvalue weighted by atomic mass is 19.1. The number of hydrogen-bond donors (Lipinski definition) is 1. The molecule has 0 bridgehead atoms. The number of H-pyrrole nitrogens is 1. The number of allylic oxidation sites excluding steroid dienone is 1. The predicted molar refractivity (Wildman–Crippen MR) is 34.7 cm³/mol. The molecule has 1 heterocycles. The third-order valence-electron chi connectivity index (χ3n) is 1.09. The summed E-state index contributed by atoms with van der Waals surface area (Å²) in [6, 6.07) is 3.81. The van der Waals surface area contributed by atoms with Crippen molar-refractivity contribution in [2.45, 2.75) is 6.42 Å². The maximum atomic E-state index is 11.4. The quantitative estimate of drug-likeness (QED) is 0.622. The average molecular weight is 125 g/mol. The van der Waals surface area contributed by atoms with Crippen molar-refractivity contribution < 1.29 is 4.39 Å². The Morgan fingerprint density at radius 2 is 2.56 bits per heavy atom. The van der Waals surface area contributed by atoms with E-state index in [9.17, 15) is 4.39 Å². The zero-order valence-corrected chi connectivity index (χ0v) is 4.97. The van der Waals surface area contributed by atoms with Gasteiger partial charge in [0.25, 0.3) is 0 Å². The Morgan fingerprint density at radius 3 is 3.11 bits per heavy atom. The molecule has 48 valence electrons. The van der Waals surface area contributed by atoms with E-state index in [4.69, 9.17) is 0 Å². The second-order valence-corrected chi connectivity index (χ2v) is 1.76. The van der Waals surface area contributed by atoms with Crippen LogP contribution >= 0.6 is 0 Å². The van der Waals surface area contributed by atoms with Gasteiger partial charge in [0.1, 0.15) is 0 Å². The van der Waals surface area contributed by atoms with Crippen molar-refractivity contribution in [3.8, 4) is 0 Å². The molecule has 0 atom stereocenters. The van der Waals surface area contributed by atoms with Gasteiger partial charge in [-0.05, 0) is 12.1 Å². The van der Waals surface area contributed by atoms with E-state index in [1.54, 1.807) is 0 Å². The minimum absolute atomic E-state index is 0.556. The molecular weight excluding hydrogens is 117 g/mol. The first-order chi connectivity index (χ1) is 4.43. The summed E-state index contributed by atoms with van der Waals surface area (Å²) >= 11 is 0. The highest BCUT2D eigenvalue weighted by Gasteiger charge is 1.84. The molecule has 9 heavy (non-hydrogen) atoms. The zero-order valence-electron chi connectivity index (χ0n) is 4.97. The molecule has 1 rings (SSSR count). The first kappa shape index (κ1) is 6.08. The maximum Gasteiger partial charge on any atom is 0.0830 e. The van der Waals surface area contributed by atoms with Crippen molar-refractivity contribution in [3.05, 3.63) is 36.4 Å². The minimum atomic E-state index is 0.556. The SMILES string of the molecule is FC=CCc1ccc[nH]1. The molecule has 0 spiro atoms. The van der Waals surface area contributed by atoms with E-state index in [1.165, 1.54) is 6.08 Å². The van der Waals surface area contributed by atoms with Crippen molar-refractivity contribution >= 4 is 0 Å². The van der Waals surface area contributed by atoms with Crippen molar-refractivity contribution in [1.29, 1.82) is 0 Å². The Balaban J connectivity index is 2.48. The van der Waals surface area contributed by atoms with Gasteiger partial charge in [-0.2, -0.15) is 0 Å². The lowest BCUT2D eigenvalue weighted by atomic mass is 10.3.